The molecule has 1 N–H and O–H groups in total. The van der Waals surface area contributed by atoms with E-state index >= 15 is 0 Å². The van der Waals surface area contributed by atoms with Gasteiger partial charge in [0, 0.05) is 11.3 Å². The minimum atomic E-state index is 0.589. The average molecular weight is 152 g/mol. The molecule has 0 radical (unpaired) electrons. The van der Waals surface area contributed by atoms with Crippen LogP contribution in [0.2, 0.25) is 0 Å². The van der Waals surface area contributed by atoms with Crippen molar-refractivity contribution in [1.82, 2.24) is 0 Å². The second-order valence-corrected chi connectivity index (χ2v) is 2.71. The van der Waals surface area contributed by atoms with Crippen LogP contribution in [0.15, 0.2) is 29.2 Å². The highest BCUT2D eigenvalue weighted by Gasteiger charge is 2.02. The Bertz CT molecular complexity index is 255. The Hall–Kier alpha value is -0.760. The highest BCUT2D eigenvalue weighted by atomic mass is 32.1. The smallest absolute Gasteiger partial charge is 0.159 e. The summed E-state index contributed by atoms with van der Waals surface area (Å²) in [4.78, 5) is 0.981. The SMILES string of the molecule is CC(=N)c1ccccc1[SH2+]. The molecule has 0 heterocycles. The van der Waals surface area contributed by atoms with E-state index in [0.717, 1.165) is 10.5 Å². The lowest BCUT2D eigenvalue weighted by atomic mass is 10.1. The fourth-order valence-electron chi connectivity index (χ4n) is 0.810. The van der Waals surface area contributed by atoms with Gasteiger partial charge in [-0.05, 0) is 31.7 Å². The van der Waals surface area contributed by atoms with Crippen LogP contribution in [-0.2, 0) is 12.6 Å². The van der Waals surface area contributed by atoms with Gasteiger partial charge in [0.15, 0.2) is 4.90 Å². The van der Waals surface area contributed by atoms with Crippen molar-refractivity contribution in [3.8, 4) is 0 Å². The Labute approximate surface area is 66.0 Å². The van der Waals surface area contributed by atoms with Gasteiger partial charge in [0.05, 0.1) is 0 Å². The van der Waals surface area contributed by atoms with Gasteiger partial charge in [-0.2, -0.15) is 0 Å². The number of benzene rings is 1. The summed E-state index contributed by atoms with van der Waals surface area (Å²) in [6, 6.07) is 7.72. The van der Waals surface area contributed by atoms with Crippen molar-refractivity contribution in [3.63, 3.8) is 0 Å². The van der Waals surface area contributed by atoms with Crippen molar-refractivity contribution in [2.45, 2.75) is 11.8 Å². The molecule has 0 saturated heterocycles. The van der Waals surface area contributed by atoms with Crippen molar-refractivity contribution in [2.24, 2.45) is 0 Å². The first kappa shape index (κ1) is 7.35. The predicted molar refractivity (Wildman–Crippen MR) is 47.4 cm³/mol. The summed E-state index contributed by atoms with van der Waals surface area (Å²) in [5.74, 6) is 0. The quantitative estimate of drug-likeness (QED) is 0.465. The summed E-state index contributed by atoms with van der Waals surface area (Å²) in [6.07, 6.45) is 0. The first-order chi connectivity index (χ1) is 4.72. The monoisotopic (exact) mass is 152 g/mol. The summed E-state index contributed by atoms with van der Waals surface area (Å²) < 4.78 is 0. The maximum atomic E-state index is 7.35. The van der Waals surface area contributed by atoms with E-state index in [2.05, 4.69) is 12.6 Å². The number of hydrogen-bond donors (Lipinski definition) is 1. The second kappa shape index (κ2) is 2.88. The molecule has 0 fully saturated rings. The average Bonchev–Trinajstić information content (AvgIpc) is 1.88. The highest BCUT2D eigenvalue weighted by Crippen LogP contribution is 2.07. The summed E-state index contributed by atoms with van der Waals surface area (Å²) in [5.41, 5.74) is 1.55. The highest BCUT2D eigenvalue weighted by molar-refractivity contribution is 7.58. The zero-order valence-corrected chi connectivity index (χ0v) is 6.81. The van der Waals surface area contributed by atoms with E-state index in [0.29, 0.717) is 5.71 Å². The summed E-state index contributed by atoms with van der Waals surface area (Å²) in [5, 5.41) is 7.35. The molecular formula is C8H10NS+. The number of rotatable bonds is 1. The molecule has 2 heteroatoms. The molecule has 0 aromatic heterocycles. The molecule has 1 nitrogen and oxygen atoms in total. The summed E-state index contributed by atoms with van der Waals surface area (Å²) >= 11 is 3.41. The van der Waals surface area contributed by atoms with Gasteiger partial charge in [0.1, 0.15) is 0 Å². The molecule has 0 bridgehead atoms. The van der Waals surface area contributed by atoms with Crippen LogP contribution in [0.25, 0.3) is 0 Å². The predicted octanol–water partition coefficient (Wildman–Crippen LogP) is 1.44. The van der Waals surface area contributed by atoms with Gasteiger partial charge in [-0.15, -0.1) is 0 Å². The first-order valence-corrected chi connectivity index (χ1v) is 3.58. The van der Waals surface area contributed by atoms with Crippen LogP contribution in [0.5, 0.6) is 0 Å². The van der Waals surface area contributed by atoms with Gasteiger partial charge in [0.25, 0.3) is 0 Å². The molecule has 0 saturated carbocycles. The van der Waals surface area contributed by atoms with Crippen molar-refractivity contribution in [2.75, 3.05) is 0 Å². The molecule has 0 aliphatic rings. The minimum Gasteiger partial charge on any atom is -0.305 e. The third-order valence-corrected chi connectivity index (χ3v) is 1.77. The second-order valence-electron chi connectivity index (χ2n) is 2.17. The molecule has 0 aliphatic carbocycles. The number of hydrogen-bond acceptors (Lipinski definition) is 1. The van der Waals surface area contributed by atoms with Crippen molar-refractivity contribution in [3.05, 3.63) is 29.8 Å². The maximum Gasteiger partial charge on any atom is 0.159 e. The molecule has 1 rings (SSSR count). The molecule has 0 amide bonds. The molecule has 52 valence electrons. The Morgan fingerprint density at radius 3 is 2.40 bits per heavy atom. The number of nitrogens with one attached hydrogen (secondary N) is 1. The van der Waals surface area contributed by atoms with Crippen LogP contribution < -0.4 is 0 Å². The van der Waals surface area contributed by atoms with E-state index in [1.54, 1.807) is 6.92 Å². The molecule has 0 aliphatic heterocycles. The van der Waals surface area contributed by atoms with Crippen LogP contribution >= 0.6 is 0 Å². The maximum absolute atomic E-state index is 7.35. The van der Waals surface area contributed by atoms with Crippen LogP contribution in [0, 0.1) is 5.41 Å². The lowest BCUT2D eigenvalue weighted by molar-refractivity contribution is 1.37. The normalized spacial score (nSPS) is 9.40. The molecule has 1 aromatic rings. The molecular weight excluding hydrogens is 142 g/mol. The van der Waals surface area contributed by atoms with Crippen molar-refractivity contribution in [1.29, 1.82) is 5.41 Å². The first-order valence-electron chi connectivity index (χ1n) is 3.08. The van der Waals surface area contributed by atoms with Gasteiger partial charge < -0.3 is 5.41 Å². The van der Waals surface area contributed by atoms with Crippen molar-refractivity contribution < 1.29 is 0 Å². The van der Waals surface area contributed by atoms with Gasteiger partial charge in [-0.25, -0.2) is 0 Å². The zero-order chi connectivity index (χ0) is 7.56. The standard InChI is InChI=1S/C8H9NS/c1-6(9)7-4-2-3-5-8(7)10/h2-5,9-10H,1H3/p+1. The Morgan fingerprint density at radius 2 is 2.00 bits per heavy atom. The topological polar surface area (TPSA) is 23.9 Å². The van der Waals surface area contributed by atoms with Gasteiger partial charge >= 0.3 is 0 Å². The lowest BCUT2D eigenvalue weighted by Gasteiger charge is -1.94. The molecule has 1 aromatic carbocycles. The van der Waals surface area contributed by atoms with Crippen LogP contribution in [-0.4, -0.2) is 5.71 Å². The van der Waals surface area contributed by atoms with E-state index in [9.17, 15) is 0 Å². The van der Waals surface area contributed by atoms with E-state index < -0.39 is 0 Å². The van der Waals surface area contributed by atoms with Crippen LogP contribution in [0.3, 0.4) is 0 Å². The van der Waals surface area contributed by atoms with E-state index in [1.807, 2.05) is 24.3 Å². The summed E-state index contributed by atoms with van der Waals surface area (Å²) in [6.45, 7) is 1.78. The third-order valence-electron chi connectivity index (χ3n) is 1.33. The van der Waals surface area contributed by atoms with Crippen LogP contribution in [0.1, 0.15) is 12.5 Å². The lowest BCUT2D eigenvalue weighted by Crippen LogP contribution is -1.93. The fourth-order valence-corrected chi connectivity index (χ4v) is 1.18. The van der Waals surface area contributed by atoms with Gasteiger partial charge in [-0.3, -0.25) is 0 Å². The Balaban J connectivity index is 3.15. The molecule has 0 spiro atoms. The molecule has 0 unspecified atom stereocenters. The Kier molecular flexibility index (Phi) is 2.12. The van der Waals surface area contributed by atoms with Gasteiger partial charge in [-0.1, -0.05) is 12.1 Å². The van der Waals surface area contributed by atoms with Crippen molar-refractivity contribution >= 4 is 18.3 Å². The van der Waals surface area contributed by atoms with Crippen LogP contribution in [0.4, 0.5) is 0 Å². The Morgan fingerprint density at radius 1 is 1.40 bits per heavy atom. The van der Waals surface area contributed by atoms with E-state index in [1.165, 1.54) is 0 Å². The minimum absolute atomic E-state index is 0.589. The molecule has 10 heavy (non-hydrogen) atoms. The zero-order valence-electron chi connectivity index (χ0n) is 5.81. The fraction of sp³-hybridized carbons (Fsp3) is 0.125. The van der Waals surface area contributed by atoms with E-state index in [4.69, 9.17) is 5.41 Å². The summed E-state index contributed by atoms with van der Waals surface area (Å²) in [7, 11) is 0. The third kappa shape index (κ3) is 1.39. The molecule has 0 atom stereocenters. The van der Waals surface area contributed by atoms with Gasteiger partial charge in [0.2, 0.25) is 0 Å². The van der Waals surface area contributed by atoms with E-state index in [-0.39, 0.29) is 0 Å². The largest absolute Gasteiger partial charge is 0.305 e.